The number of aromatic nitrogens is 3. The molecule has 1 aliphatic heterocycles. The predicted molar refractivity (Wildman–Crippen MR) is 111 cm³/mol. The van der Waals surface area contributed by atoms with E-state index in [2.05, 4.69) is 38.2 Å². The second-order valence-electron chi connectivity index (χ2n) is 6.94. The van der Waals surface area contributed by atoms with E-state index in [4.69, 9.17) is 16.0 Å². The molecule has 0 aliphatic carbocycles. The smallest absolute Gasteiger partial charge is 0.209 e. The highest BCUT2D eigenvalue weighted by atomic mass is 35.5. The molecule has 6 heteroatoms. The first-order valence-electron chi connectivity index (χ1n) is 9.31. The van der Waals surface area contributed by atoms with Gasteiger partial charge in [0, 0.05) is 47.0 Å². The Balaban J connectivity index is 1.28. The third-order valence-corrected chi connectivity index (χ3v) is 5.38. The molecule has 0 unspecified atom stereocenters. The van der Waals surface area contributed by atoms with E-state index in [9.17, 15) is 0 Å². The SMILES string of the molecule is Clc1ccc(-c2cnc(CN3CC=C(c4c[nH]c5ncccc45)CC3)o2)cc1. The summed E-state index contributed by atoms with van der Waals surface area (Å²) < 4.78 is 5.94. The maximum Gasteiger partial charge on any atom is 0.209 e. The van der Waals surface area contributed by atoms with Gasteiger partial charge in [0.15, 0.2) is 5.76 Å². The Morgan fingerprint density at radius 2 is 2.04 bits per heavy atom. The molecule has 0 saturated carbocycles. The zero-order valence-electron chi connectivity index (χ0n) is 15.2. The van der Waals surface area contributed by atoms with Crippen LogP contribution in [0, 0.1) is 0 Å². The maximum atomic E-state index is 5.95. The van der Waals surface area contributed by atoms with Crippen molar-refractivity contribution in [2.45, 2.75) is 13.0 Å². The lowest BCUT2D eigenvalue weighted by Crippen LogP contribution is -2.28. The van der Waals surface area contributed by atoms with Gasteiger partial charge in [-0.15, -0.1) is 0 Å². The van der Waals surface area contributed by atoms with Crippen LogP contribution < -0.4 is 0 Å². The van der Waals surface area contributed by atoms with E-state index in [1.54, 1.807) is 6.20 Å². The van der Waals surface area contributed by atoms with Crippen LogP contribution in [-0.2, 0) is 6.54 Å². The minimum atomic E-state index is 0.701. The lowest BCUT2D eigenvalue weighted by atomic mass is 9.99. The van der Waals surface area contributed by atoms with Gasteiger partial charge in [0.1, 0.15) is 5.65 Å². The first-order valence-corrected chi connectivity index (χ1v) is 9.68. The monoisotopic (exact) mass is 390 g/mol. The number of H-pyrrole nitrogens is 1. The third kappa shape index (κ3) is 3.35. The highest BCUT2D eigenvalue weighted by Gasteiger charge is 2.18. The van der Waals surface area contributed by atoms with Crippen LogP contribution in [0.15, 0.2) is 65.5 Å². The van der Waals surface area contributed by atoms with Crippen LogP contribution in [0.2, 0.25) is 5.02 Å². The van der Waals surface area contributed by atoms with Crippen molar-refractivity contribution in [1.29, 1.82) is 0 Å². The molecular weight excluding hydrogens is 372 g/mol. The summed E-state index contributed by atoms with van der Waals surface area (Å²) in [6.45, 7) is 2.55. The van der Waals surface area contributed by atoms with Crippen LogP contribution in [0.3, 0.4) is 0 Å². The molecule has 5 rings (SSSR count). The number of aromatic amines is 1. The van der Waals surface area contributed by atoms with Crippen LogP contribution in [0.1, 0.15) is 17.9 Å². The van der Waals surface area contributed by atoms with Crippen molar-refractivity contribution in [3.05, 3.63) is 77.5 Å². The van der Waals surface area contributed by atoms with Crippen LogP contribution in [0.5, 0.6) is 0 Å². The number of benzene rings is 1. The largest absolute Gasteiger partial charge is 0.439 e. The molecule has 0 atom stereocenters. The first kappa shape index (κ1) is 17.2. The molecule has 0 saturated heterocycles. The van der Waals surface area contributed by atoms with Crippen molar-refractivity contribution in [2.75, 3.05) is 13.1 Å². The Bertz CT molecular complexity index is 1140. The van der Waals surface area contributed by atoms with E-state index in [0.717, 1.165) is 42.4 Å². The molecule has 5 nitrogen and oxygen atoms in total. The fraction of sp³-hybridized carbons (Fsp3) is 0.182. The summed E-state index contributed by atoms with van der Waals surface area (Å²) in [6.07, 6.45) is 8.94. The van der Waals surface area contributed by atoms with Crippen LogP contribution in [0.4, 0.5) is 0 Å². The van der Waals surface area contributed by atoms with Gasteiger partial charge in [-0.25, -0.2) is 9.97 Å². The molecular formula is C22H19ClN4O. The zero-order valence-corrected chi connectivity index (χ0v) is 16.0. The first-order chi connectivity index (χ1) is 13.8. The summed E-state index contributed by atoms with van der Waals surface area (Å²) in [4.78, 5) is 14.4. The molecule has 0 radical (unpaired) electrons. The van der Waals surface area contributed by atoms with Gasteiger partial charge in [-0.3, -0.25) is 4.90 Å². The highest BCUT2D eigenvalue weighted by Crippen LogP contribution is 2.29. The number of nitrogens with one attached hydrogen (secondary N) is 1. The minimum Gasteiger partial charge on any atom is -0.439 e. The number of hydrogen-bond acceptors (Lipinski definition) is 4. The van der Waals surface area contributed by atoms with Crippen LogP contribution >= 0.6 is 11.6 Å². The molecule has 0 bridgehead atoms. The fourth-order valence-corrected chi connectivity index (χ4v) is 3.77. The van der Waals surface area contributed by atoms with Gasteiger partial charge in [0.2, 0.25) is 5.89 Å². The average molecular weight is 391 g/mol. The second kappa shape index (κ2) is 7.26. The number of oxazole rings is 1. The van der Waals surface area contributed by atoms with Crippen molar-refractivity contribution >= 4 is 28.2 Å². The van der Waals surface area contributed by atoms with E-state index >= 15 is 0 Å². The average Bonchev–Trinajstić information content (AvgIpc) is 3.36. The standard InChI is InChI=1S/C22H19ClN4O/c23-17-5-3-16(4-6-17)20-13-25-21(28-20)14-27-10-7-15(8-11-27)19-12-26-22-18(19)2-1-9-24-22/h1-7,9,12-13H,8,10-11,14H2,(H,24,26). The fourth-order valence-electron chi connectivity index (χ4n) is 3.64. The summed E-state index contributed by atoms with van der Waals surface area (Å²) in [6, 6.07) is 11.7. The maximum absolute atomic E-state index is 5.95. The van der Waals surface area contributed by atoms with Gasteiger partial charge in [0.05, 0.1) is 12.7 Å². The number of pyridine rings is 1. The Morgan fingerprint density at radius 1 is 1.14 bits per heavy atom. The van der Waals surface area contributed by atoms with Crippen molar-refractivity contribution < 1.29 is 4.42 Å². The molecule has 1 N–H and O–H groups in total. The van der Waals surface area contributed by atoms with E-state index in [1.807, 2.05) is 36.5 Å². The van der Waals surface area contributed by atoms with Crippen molar-refractivity contribution in [2.24, 2.45) is 0 Å². The topological polar surface area (TPSA) is 58.0 Å². The molecule has 4 heterocycles. The van der Waals surface area contributed by atoms with Gasteiger partial charge < -0.3 is 9.40 Å². The van der Waals surface area contributed by atoms with Crippen molar-refractivity contribution in [1.82, 2.24) is 19.9 Å². The molecule has 0 spiro atoms. The summed E-state index contributed by atoms with van der Waals surface area (Å²) in [5.41, 5.74) is 4.54. The molecule has 1 aliphatic rings. The van der Waals surface area contributed by atoms with Gasteiger partial charge in [-0.2, -0.15) is 0 Å². The number of hydrogen-bond donors (Lipinski definition) is 1. The molecule has 140 valence electrons. The number of halogens is 1. The predicted octanol–water partition coefficient (Wildman–Crippen LogP) is 5.16. The molecule has 0 amide bonds. The third-order valence-electron chi connectivity index (χ3n) is 5.13. The van der Waals surface area contributed by atoms with E-state index < -0.39 is 0 Å². The lowest BCUT2D eigenvalue weighted by Gasteiger charge is -2.24. The molecule has 3 aromatic heterocycles. The minimum absolute atomic E-state index is 0.701. The van der Waals surface area contributed by atoms with Gasteiger partial charge in [-0.1, -0.05) is 17.7 Å². The summed E-state index contributed by atoms with van der Waals surface area (Å²) >= 11 is 5.95. The molecule has 28 heavy (non-hydrogen) atoms. The highest BCUT2D eigenvalue weighted by molar-refractivity contribution is 6.30. The lowest BCUT2D eigenvalue weighted by molar-refractivity contribution is 0.263. The Kier molecular flexibility index (Phi) is 4.47. The number of nitrogens with zero attached hydrogens (tertiary/aromatic N) is 3. The van der Waals surface area contributed by atoms with Gasteiger partial charge >= 0.3 is 0 Å². The normalized spacial score (nSPS) is 15.1. The summed E-state index contributed by atoms with van der Waals surface area (Å²) in [5.74, 6) is 1.50. The summed E-state index contributed by atoms with van der Waals surface area (Å²) in [7, 11) is 0. The van der Waals surface area contributed by atoms with E-state index in [0.29, 0.717) is 11.6 Å². The molecule has 1 aromatic carbocycles. The molecule has 0 fully saturated rings. The van der Waals surface area contributed by atoms with Gasteiger partial charge in [-0.05, 0) is 48.4 Å². The Hall–Kier alpha value is -2.89. The zero-order chi connectivity index (χ0) is 18.9. The van der Waals surface area contributed by atoms with Gasteiger partial charge in [0.25, 0.3) is 0 Å². The quantitative estimate of drug-likeness (QED) is 0.522. The second-order valence-corrected chi connectivity index (χ2v) is 7.38. The van der Waals surface area contributed by atoms with E-state index in [-0.39, 0.29) is 0 Å². The van der Waals surface area contributed by atoms with Crippen LogP contribution in [-0.4, -0.2) is 32.9 Å². The van der Waals surface area contributed by atoms with Crippen molar-refractivity contribution in [3.8, 4) is 11.3 Å². The van der Waals surface area contributed by atoms with Crippen LogP contribution in [0.25, 0.3) is 27.9 Å². The number of rotatable bonds is 4. The Morgan fingerprint density at radius 3 is 2.86 bits per heavy atom. The Labute approximate surface area is 167 Å². The number of fused-ring (bicyclic) bond motifs is 1. The molecule has 4 aromatic rings. The van der Waals surface area contributed by atoms with Crippen molar-refractivity contribution in [3.63, 3.8) is 0 Å². The summed E-state index contributed by atoms with van der Waals surface area (Å²) in [5, 5.41) is 1.90. The van der Waals surface area contributed by atoms with E-state index in [1.165, 1.54) is 16.5 Å².